The van der Waals surface area contributed by atoms with E-state index >= 15 is 0 Å². The molecule has 0 spiro atoms. The molecule has 3 heteroatoms. The molecule has 2 heterocycles. The zero-order valence-corrected chi connectivity index (χ0v) is 9.46. The fourth-order valence-corrected chi connectivity index (χ4v) is 1.71. The van der Waals surface area contributed by atoms with Gasteiger partial charge in [-0.3, -0.25) is 0 Å². The second-order valence-corrected chi connectivity index (χ2v) is 5.22. The molecule has 0 aromatic carbocycles. The molecule has 1 unspecified atom stereocenters. The summed E-state index contributed by atoms with van der Waals surface area (Å²) < 4.78 is 2.08. The number of hydrogen-bond donors (Lipinski definition) is 1. The van der Waals surface area contributed by atoms with E-state index in [1.807, 2.05) is 0 Å². The Labute approximate surface area is 85.5 Å². The van der Waals surface area contributed by atoms with Gasteiger partial charge in [-0.25, -0.2) is 4.68 Å². The van der Waals surface area contributed by atoms with Gasteiger partial charge in [-0.05, 0) is 13.3 Å². The summed E-state index contributed by atoms with van der Waals surface area (Å²) in [5.74, 6) is 1.17. The van der Waals surface area contributed by atoms with Gasteiger partial charge < -0.3 is 5.32 Å². The maximum atomic E-state index is 4.61. The zero-order chi connectivity index (χ0) is 10.3. The molecule has 14 heavy (non-hydrogen) atoms. The highest BCUT2D eigenvalue weighted by Crippen LogP contribution is 2.26. The monoisotopic (exact) mass is 193 g/mol. The molecule has 0 amide bonds. The van der Waals surface area contributed by atoms with E-state index in [0.29, 0.717) is 6.04 Å². The second kappa shape index (κ2) is 3.01. The van der Waals surface area contributed by atoms with E-state index in [1.165, 1.54) is 11.5 Å². The normalized spacial score (nSPS) is 21.6. The average Bonchev–Trinajstić information content (AvgIpc) is 2.45. The van der Waals surface area contributed by atoms with Crippen LogP contribution in [0.25, 0.3) is 0 Å². The van der Waals surface area contributed by atoms with Crippen LogP contribution >= 0.6 is 0 Å². The fourth-order valence-electron chi connectivity index (χ4n) is 1.71. The van der Waals surface area contributed by atoms with Crippen molar-refractivity contribution in [1.82, 2.24) is 9.78 Å². The Kier molecular flexibility index (Phi) is 2.05. The highest BCUT2D eigenvalue weighted by molar-refractivity contribution is 5.41. The van der Waals surface area contributed by atoms with Gasteiger partial charge in [0.05, 0.1) is 5.69 Å². The molecule has 78 valence electrons. The Morgan fingerprint density at radius 2 is 2.21 bits per heavy atom. The van der Waals surface area contributed by atoms with Gasteiger partial charge in [-0.1, -0.05) is 20.8 Å². The Hall–Kier alpha value is -0.990. The topological polar surface area (TPSA) is 29.9 Å². The number of aromatic nitrogens is 2. The number of hydrogen-bond acceptors (Lipinski definition) is 2. The summed E-state index contributed by atoms with van der Waals surface area (Å²) in [5, 5.41) is 8.06. The van der Waals surface area contributed by atoms with Crippen molar-refractivity contribution in [2.45, 2.75) is 52.1 Å². The summed E-state index contributed by atoms with van der Waals surface area (Å²) in [7, 11) is 0. The summed E-state index contributed by atoms with van der Waals surface area (Å²) in [6, 6.07) is 2.75. The van der Waals surface area contributed by atoms with Crippen LogP contribution in [-0.4, -0.2) is 15.8 Å². The second-order valence-electron chi connectivity index (χ2n) is 5.22. The van der Waals surface area contributed by atoms with E-state index in [1.54, 1.807) is 0 Å². The van der Waals surface area contributed by atoms with Gasteiger partial charge in [0.15, 0.2) is 0 Å². The highest BCUT2D eigenvalue weighted by Gasteiger charge is 2.22. The van der Waals surface area contributed by atoms with E-state index in [0.717, 1.165) is 13.0 Å². The highest BCUT2D eigenvalue weighted by atomic mass is 15.3. The zero-order valence-electron chi connectivity index (χ0n) is 9.46. The molecule has 0 aliphatic carbocycles. The summed E-state index contributed by atoms with van der Waals surface area (Å²) >= 11 is 0. The van der Waals surface area contributed by atoms with E-state index < -0.39 is 0 Å². The molecular formula is C11H19N3. The van der Waals surface area contributed by atoms with Crippen molar-refractivity contribution in [3.8, 4) is 0 Å². The predicted octanol–water partition coefficient (Wildman–Crippen LogP) is 2.38. The number of fused-ring (bicyclic) bond motifs is 1. The first kappa shape index (κ1) is 9.56. The molecule has 1 aromatic rings. The van der Waals surface area contributed by atoms with Crippen LogP contribution in [0.3, 0.4) is 0 Å². The van der Waals surface area contributed by atoms with Gasteiger partial charge in [-0.15, -0.1) is 0 Å². The molecule has 0 bridgehead atoms. The SMILES string of the molecule is CC1CCn2nc(C(C)(C)C)cc2N1. The third-order valence-electron chi connectivity index (χ3n) is 2.72. The van der Waals surface area contributed by atoms with Gasteiger partial charge in [-0.2, -0.15) is 5.10 Å². The quantitative estimate of drug-likeness (QED) is 0.685. The van der Waals surface area contributed by atoms with Crippen molar-refractivity contribution in [3.63, 3.8) is 0 Å². The molecule has 0 saturated carbocycles. The summed E-state index contributed by atoms with van der Waals surface area (Å²) in [4.78, 5) is 0. The molecular weight excluding hydrogens is 174 g/mol. The smallest absolute Gasteiger partial charge is 0.124 e. The van der Waals surface area contributed by atoms with Crippen LogP contribution in [0.4, 0.5) is 5.82 Å². The molecule has 1 aliphatic heterocycles. The molecule has 3 nitrogen and oxygen atoms in total. The van der Waals surface area contributed by atoms with Crippen LogP contribution in [0.2, 0.25) is 0 Å². The van der Waals surface area contributed by atoms with Crippen LogP contribution in [0.5, 0.6) is 0 Å². The molecule has 1 atom stereocenters. The minimum atomic E-state index is 0.148. The lowest BCUT2D eigenvalue weighted by Crippen LogP contribution is -2.25. The third-order valence-corrected chi connectivity index (χ3v) is 2.72. The first-order chi connectivity index (χ1) is 6.47. The molecule has 1 aromatic heterocycles. The first-order valence-electron chi connectivity index (χ1n) is 5.32. The van der Waals surface area contributed by atoms with Crippen LogP contribution in [-0.2, 0) is 12.0 Å². The van der Waals surface area contributed by atoms with Gasteiger partial charge in [0.1, 0.15) is 5.82 Å². The van der Waals surface area contributed by atoms with Crippen molar-refractivity contribution in [2.75, 3.05) is 5.32 Å². The lowest BCUT2D eigenvalue weighted by molar-refractivity contribution is 0.489. The molecule has 0 fully saturated rings. The first-order valence-corrected chi connectivity index (χ1v) is 5.32. The number of rotatable bonds is 0. The van der Waals surface area contributed by atoms with E-state index in [9.17, 15) is 0 Å². The van der Waals surface area contributed by atoms with E-state index in [2.05, 4.69) is 48.9 Å². The van der Waals surface area contributed by atoms with Gasteiger partial charge in [0.25, 0.3) is 0 Å². The Morgan fingerprint density at radius 3 is 2.86 bits per heavy atom. The van der Waals surface area contributed by atoms with Crippen molar-refractivity contribution < 1.29 is 0 Å². The van der Waals surface area contributed by atoms with Crippen LogP contribution in [0.1, 0.15) is 39.8 Å². The lowest BCUT2D eigenvalue weighted by atomic mass is 9.92. The predicted molar refractivity (Wildman–Crippen MR) is 58.6 cm³/mol. The number of aryl methyl sites for hydroxylation is 1. The lowest BCUT2D eigenvalue weighted by Gasteiger charge is -2.21. The van der Waals surface area contributed by atoms with Crippen molar-refractivity contribution in [1.29, 1.82) is 0 Å². The molecule has 0 saturated heterocycles. The average molecular weight is 193 g/mol. The largest absolute Gasteiger partial charge is 0.368 e. The van der Waals surface area contributed by atoms with Crippen molar-refractivity contribution in [3.05, 3.63) is 11.8 Å². The van der Waals surface area contributed by atoms with Crippen molar-refractivity contribution >= 4 is 5.82 Å². The summed E-state index contributed by atoms with van der Waals surface area (Å²) in [6.45, 7) is 9.85. The van der Waals surface area contributed by atoms with Crippen LogP contribution in [0, 0.1) is 0 Å². The Morgan fingerprint density at radius 1 is 1.50 bits per heavy atom. The van der Waals surface area contributed by atoms with Gasteiger partial charge >= 0.3 is 0 Å². The Balaban J connectivity index is 2.32. The number of nitrogens with zero attached hydrogens (tertiary/aromatic N) is 2. The maximum absolute atomic E-state index is 4.61. The molecule has 2 rings (SSSR count). The molecule has 1 N–H and O–H groups in total. The number of anilines is 1. The fraction of sp³-hybridized carbons (Fsp3) is 0.727. The maximum Gasteiger partial charge on any atom is 0.124 e. The summed E-state index contributed by atoms with van der Waals surface area (Å²) in [5.41, 5.74) is 1.32. The van der Waals surface area contributed by atoms with Crippen LogP contribution < -0.4 is 5.32 Å². The molecule has 1 aliphatic rings. The molecule has 0 radical (unpaired) electrons. The van der Waals surface area contributed by atoms with E-state index in [-0.39, 0.29) is 5.41 Å². The van der Waals surface area contributed by atoms with Crippen molar-refractivity contribution in [2.24, 2.45) is 0 Å². The van der Waals surface area contributed by atoms with Gasteiger partial charge in [0, 0.05) is 24.1 Å². The third kappa shape index (κ3) is 1.63. The minimum absolute atomic E-state index is 0.148. The van der Waals surface area contributed by atoms with Gasteiger partial charge in [0.2, 0.25) is 0 Å². The van der Waals surface area contributed by atoms with Crippen LogP contribution in [0.15, 0.2) is 6.07 Å². The number of nitrogens with one attached hydrogen (secondary N) is 1. The summed E-state index contributed by atoms with van der Waals surface area (Å²) in [6.07, 6.45) is 1.16. The van der Waals surface area contributed by atoms with E-state index in [4.69, 9.17) is 0 Å². The Bertz CT molecular complexity index is 333. The minimum Gasteiger partial charge on any atom is -0.368 e. The standard InChI is InChI=1S/C11H19N3/c1-8-5-6-14-10(12-8)7-9(13-14)11(2,3)4/h7-8,12H,5-6H2,1-4H3.